The number of rotatable bonds is 5. The normalized spacial score (nSPS) is 15.2. The van der Waals surface area contributed by atoms with E-state index in [1.165, 1.54) is 0 Å². The van der Waals surface area contributed by atoms with E-state index in [2.05, 4.69) is 0 Å². The minimum atomic E-state index is -3.97. The average molecular weight is 230 g/mol. The van der Waals surface area contributed by atoms with Crippen LogP contribution < -0.4 is 0 Å². The zero-order valence-electron chi connectivity index (χ0n) is 9.02. The summed E-state index contributed by atoms with van der Waals surface area (Å²) in [4.78, 5) is 0. The maximum atomic E-state index is 13.5. The molecule has 0 aromatic heterocycles. The highest BCUT2D eigenvalue weighted by Gasteiger charge is 2.22. The van der Waals surface area contributed by atoms with Crippen LogP contribution in [0.5, 0.6) is 0 Å². The lowest BCUT2D eigenvalue weighted by molar-refractivity contribution is 0.249. The van der Waals surface area contributed by atoms with Crippen LogP contribution in [0.25, 0.3) is 0 Å². The van der Waals surface area contributed by atoms with Gasteiger partial charge in [-0.3, -0.25) is 4.57 Å². The molecule has 0 radical (unpaired) electrons. The maximum Gasteiger partial charge on any atom is 0.371 e. The van der Waals surface area contributed by atoms with Gasteiger partial charge in [0.25, 0.3) is 0 Å². The third kappa shape index (κ3) is 5.10. The Morgan fingerprint density at radius 3 is 2.47 bits per heavy atom. The van der Waals surface area contributed by atoms with E-state index in [0.717, 1.165) is 0 Å². The van der Waals surface area contributed by atoms with Crippen LogP contribution in [-0.4, -0.2) is 6.61 Å². The molecule has 0 bridgehead atoms. The molecule has 0 aliphatic carbocycles. The van der Waals surface area contributed by atoms with Crippen molar-refractivity contribution in [1.29, 1.82) is 0 Å². The molecule has 15 heavy (non-hydrogen) atoms. The summed E-state index contributed by atoms with van der Waals surface area (Å²) in [6.07, 6.45) is -0.138. The molecule has 1 aromatic carbocycles. The Hall–Kier alpha value is -0.660. The first-order chi connectivity index (χ1) is 6.99. The highest BCUT2D eigenvalue weighted by molar-refractivity contribution is 7.52. The van der Waals surface area contributed by atoms with Gasteiger partial charge in [-0.05, 0) is 11.5 Å². The molecule has 0 saturated carbocycles. The van der Waals surface area contributed by atoms with E-state index in [-0.39, 0.29) is 18.7 Å². The van der Waals surface area contributed by atoms with Gasteiger partial charge in [0.1, 0.15) is 0 Å². The molecule has 0 aliphatic rings. The van der Waals surface area contributed by atoms with Crippen LogP contribution in [0.1, 0.15) is 19.4 Å². The van der Waals surface area contributed by atoms with Crippen molar-refractivity contribution in [2.75, 3.05) is 6.61 Å². The quantitative estimate of drug-likeness (QED) is 0.714. The van der Waals surface area contributed by atoms with Crippen molar-refractivity contribution in [1.82, 2.24) is 0 Å². The first-order valence-electron chi connectivity index (χ1n) is 4.97. The van der Waals surface area contributed by atoms with Gasteiger partial charge >= 0.3 is 7.68 Å². The summed E-state index contributed by atoms with van der Waals surface area (Å²) in [6.45, 7) is 3.98. The molecule has 0 saturated heterocycles. The molecular weight excluding hydrogens is 214 g/mol. The number of hydrogen-bond donors (Lipinski definition) is 0. The first kappa shape index (κ1) is 12.4. The van der Waals surface area contributed by atoms with Crippen molar-refractivity contribution in [2.45, 2.75) is 20.0 Å². The van der Waals surface area contributed by atoms with Crippen LogP contribution >= 0.6 is 7.68 Å². The Kier molecular flexibility index (Phi) is 4.49. The van der Waals surface area contributed by atoms with E-state index in [4.69, 9.17) is 4.52 Å². The van der Waals surface area contributed by atoms with Gasteiger partial charge in [0.05, 0.1) is 12.8 Å². The van der Waals surface area contributed by atoms with E-state index >= 15 is 0 Å². The summed E-state index contributed by atoms with van der Waals surface area (Å²) in [5, 5.41) is 0. The predicted octanol–water partition coefficient (Wildman–Crippen LogP) is 4.02. The molecule has 0 aliphatic heterocycles. The molecule has 1 unspecified atom stereocenters. The highest BCUT2D eigenvalue weighted by Crippen LogP contribution is 2.52. The Morgan fingerprint density at radius 2 is 1.93 bits per heavy atom. The smallest absolute Gasteiger partial charge is 0.305 e. The minimum Gasteiger partial charge on any atom is -0.305 e. The Balaban J connectivity index is 2.53. The van der Waals surface area contributed by atoms with Crippen molar-refractivity contribution < 1.29 is 13.3 Å². The molecule has 0 fully saturated rings. The molecule has 2 nitrogen and oxygen atoms in total. The van der Waals surface area contributed by atoms with Crippen LogP contribution in [0.2, 0.25) is 0 Å². The molecule has 0 N–H and O–H groups in total. The molecule has 84 valence electrons. The molecule has 0 spiro atoms. The second-order valence-electron chi connectivity index (χ2n) is 3.92. The van der Waals surface area contributed by atoms with Crippen molar-refractivity contribution in [2.24, 2.45) is 5.92 Å². The Labute approximate surface area is 90.0 Å². The Bertz CT molecular complexity index is 338. The maximum absolute atomic E-state index is 13.5. The fourth-order valence-electron chi connectivity index (χ4n) is 1.11. The third-order valence-electron chi connectivity index (χ3n) is 1.81. The summed E-state index contributed by atoms with van der Waals surface area (Å²) in [5.74, 6) is 0.185. The largest absolute Gasteiger partial charge is 0.371 e. The lowest BCUT2D eigenvalue weighted by Gasteiger charge is -2.11. The van der Waals surface area contributed by atoms with Crippen molar-refractivity contribution in [3.8, 4) is 0 Å². The molecular formula is C11H16FO2P. The zero-order valence-corrected chi connectivity index (χ0v) is 9.91. The highest BCUT2D eigenvalue weighted by atomic mass is 31.2. The molecule has 0 heterocycles. The Morgan fingerprint density at radius 1 is 1.33 bits per heavy atom. The van der Waals surface area contributed by atoms with Gasteiger partial charge in [0.2, 0.25) is 0 Å². The van der Waals surface area contributed by atoms with Gasteiger partial charge in [-0.1, -0.05) is 44.2 Å². The van der Waals surface area contributed by atoms with Gasteiger partial charge in [0.15, 0.2) is 0 Å². The molecule has 1 atom stereocenters. The summed E-state index contributed by atoms with van der Waals surface area (Å²) in [5.41, 5.74) is 0.701. The van der Waals surface area contributed by atoms with E-state index in [0.29, 0.717) is 5.56 Å². The fraction of sp³-hybridized carbons (Fsp3) is 0.455. The van der Waals surface area contributed by atoms with Gasteiger partial charge < -0.3 is 4.52 Å². The number of hydrogen-bond acceptors (Lipinski definition) is 2. The van der Waals surface area contributed by atoms with E-state index in [1.807, 2.05) is 19.9 Å². The minimum absolute atomic E-state index is 0.138. The first-order valence-corrected chi connectivity index (χ1v) is 6.67. The molecule has 4 heteroatoms. The van der Waals surface area contributed by atoms with E-state index < -0.39 is 7.68 Å². The zero-order chi connectivity index (χ0) is 11.3. The average Bonchev–Trinajstić information content (AvgIpc) is 2.16. The van der Waals surface area contributed by atoms with Crippen LogP contribution in [0, 0.1) is 5.92 Å². The summed E-state index contributed by atoms with van der Waals surface area (Å²) < 4.78 is 29.7. The summed E-state index contributed by atoms with van der Waals surface area (Å²) in [6, 6.07) is 8.90. The second-order valence-corrected chi connectivity index (χ2v) is 5.68. The number of halogens is 1. The van der Waals surface area contributed by atoms with Gasteiger partial charge in [-0.15, -0.1) is 0 Å². The van der Waals surface area contributed by atoms with E-state index in [9.17, 15) is 8.76 Å². The van der Waals surface area contributed by atoms with Gasteiger partial charge in [-0.25, -0.2) is 0 Å². The lowest BCUT2D eigenvalue weighted by Crippen LogP contribution is -1.99. The SMILES string of the molecule is CC(C)COP(=O)(F)Cc1ccccc1. The molecule has 0 amide bonds. The second kappa shape index (κ2) is 5.43. The van der Waals surface area contributed by atoms with Gasteiger partial charge in [0, 0.05) is 0 Å². The monoisotopic (exact) mass is 230 g/mol. The predicted molar refractivity (Wildman–Crippen MR) is 59.7 cm³/mol. The fourth-order valence-corrected chi connectivity index (χ4v) is 2.37. The topological polar surface area (TPSA) is 26.3 Å². The molecule has 1 aromatic rings. The van der Waals surface area contributed by atoms with Crippen LogP contribution in [0.4, 0.5) is 4.20 Å². The van der Waals surface area contributed by atoms with Crippen molar-refractivity contribution >= 4 is 7.68 Å². The third-order valence-corrected chi connectivity index (χ3v) is 3.09. The van der Waals surface area contributed by atoms with Crippen LogP contribution in [-0.2, 0) is 15.3 Å². The number of benzene rings is 1. The summed E-state index contributed by atoms with van der Waals surface area (Å²) in [7, 11) is -3.97. The summed E-state index contributed by atoms with van der Waals surface area (Å²) >= 11 is 0. The lowest BCUT2D eigenvalue weighted by atomic mass is 10.2. The van der Waals surface area contributed by atoms with Crippen molar-refractivity contribution in [3.63, 3.8) is 0 Å². The molecule has 1 rings (SSSR count). The van der Waals surface area contributed by atoms with Gasteiger partial charge in [-0.2, -0.15) is 4.20 Å². The van der Waals surface area contributed by atoms with E-state index in [1.54, 1.807) is 24.3 Å². The van der Waals surface area contributed by atoms with Crippen molar-refractivity contribution in [3.05, 3.63) is 35.9 Å². The van der Waals surface area contributed by atoms with Crippen LogP contribution in [0.3, 0.4) is 0 Å². The van der Waals surface area contributed by atoms with Crippen LogP contribution in [0.15, 0.2) is 30.3 Å². The standard InChI is InChI=1S/C11H16FO2P/c1-10(2)8-14-15(12,13)9-11-6-4-3-5-7-11/h3-7,10H,8-9H2,1-2H3.